The lowest BCUT2D eigenvalue weighted by molar-refractivity contribution is -0.0166. The van der Waals surface area contributed by atoms with Crippen LogP contribution in [0.5, 0.6) is 0 Å². The van der Waals surface area contributed by atoms with Crippen molar-refractivity contribution in [3.05, 3.63) is 18.5 Å². The van der Waals surface area contributed by atoms with Crippen LogP contribution in [-0.2, 0) is 4.74 Å². The molecule has 2 unspecified atom stereocenters. The summed E-state index contributed by atoms with van der Waals surface area (Å²) in [6.07, 6.45) is 3.60. The minimum absolute atomic E-state index is 0.413. The standard InChI is InChI=1S/C19H33N7O/c1-4-20-18(23-14-16(2)26-12-13-27-15-17(26)3)24-8-10-25(11-9-24)19-21-6-5-7-22-19/h5-7,16-17H,4,8-15H2,1-3H3,(H,20,23). The Hall–Kier alpha value is -1.93. The number of ether oxygens (including phenoxy) is 1. The van der Waals surface area contributed by atoms with Crippen molar-refractivity contribution in [2.24, 2.45) is 4.99 Å². The van der Waals surface area contributed by atoms with Gasteiger partial charge < -0.3 is 19.9 Å². The van der Waals surface area contributed by atoms with Crippen molar-refractivity contribution in [2.45, 2.75) is 32.9 Å². The first-order valence-corrected chi connectivity index (χ1v) is 10.1. The van der Waals surface area contributed by atoms with Gasteiger partial charge in [0.15, 0.2) is 5.96 Å². The Morgan fingerprint density at radius 1 is 1.26 bits per heavy atom. The molecule has 2 atom stereocenters. The van der Waals surface area contributed by atoms with Crippen molar-refractivity contribution in [3.8, 4) is 0 Å². The number of hydrogen-bond donors (Lipinski definition) is 1. The quantitative estimate of drug-likeness (QED) is 0.599. The molecular weight excluding hydrogens is 342 g/mol. The van der Waals surface area contributed by atoms with Gasteiger partial charge in [-0.05, 0) is 26.8 Å². The highest BCUT2D eigenvalue weighted by Gasteiger charge is 2.25. The van der Waals surface area contributed by atoms with E-state index in [1.165, 1.54) is 0 Å². The van der Waals surface area contributed by atoms with Gasteiger partial charge in [0.1, 0.15) is 0 Å². The lowest BCUT2D eigenvalue weighted by atomic mass is 10.2. The van der Waals surface area contributed by atoms with Gasteiger partial charge in [-0.1, -0.05) is 0 Å². The van der Waals surface area contributed by atoms with Gasteiger partial charge in [-0.3, -0.25) is 9.89 Å². The summed E-state index contributed by atoms with van der Waals surface area (Å²) in [6, 6.07) is 2.73. The Bertz CT molecular complexity index is 589. The first-order chi connectivity index (χ1) is 13.2. The van der Waals surface area contributed by atoms with Crippen LogP contribution in [0.3, 0.4) is 0 Å². The summed E-state index contributed by atoms with van der Waals surface area (Å²) in [6.45, 7) is 14.6. The van der Waals surface area contributed by atoms with Crippen LogP contribution in [0.4, 0.5) is 5.95 Å². The first-order valence-electron chi connectivity index (χ1n) is 10.1. The minimum Gasteiger partial charge on any atom is -0.379 e. The second kappa shape index (κ2) is 9.85. The molecule has 8 heteroatoms. The van der Waals surface area contributed by atoms with Gasteiger partial charge in [-0.15, -0.1) is 0 Å². The predicted molar refractivity (Wildman–Crippen MR) is 108 cm³/mol. The number of nitrogens with one attached hydrogen (secondary N) is 1. The fraction of sp³-hybridized carbons (Fsp3) is 0.737. The number of hydrogen-bond acceptors (Lipinski definition) is 6. The fourth-order valence-electron chi connectivity index (χ4n) is 3.72. The van der Waals surface area contributed by atoms with E-state index in [1.54, 1.807) is 12.4 Å². The Labute approximate surface area is 162 Å². The first kappa shape index (κ1) is 19.8. The number of rotatable bonds is 5. The zero-order valence-corrected chi connectivity index (χ0v) is 16.8. The van der Waals surface area contributed by atoms with Gasteiger partial charge in [0.25, 0.3) is 0 Å². The molecule has 1 N–H and O–H groups in total. The number of aliphatic imine (C=N–C) groups is 1. The van der Waals surface area contributed by atoms with E-state index >= 15 is 0 Å². The molecule has 1 aromatic rings. The van der Waals surface area contributed by atoms with E-state index in [9.17, 15) is 0 Å². The number of morpholine rings is 1. The lowest BCUT2D eigenvalue weighted by Crippen LogP contribution is -2.53. The highest BCUT2D eigenvalue weighted by atomic mass is 16.5. The SMILES string of the molecule is CCNC(=NCC(C)N1CCOCC1C)N1CCN(c2ncccn2)CC1. The van der Waals surface area contributed by atoms with Crippen LogP contribution in [0.2, 0.25) is 0 Å². The topological polar surface area (TPSA) is 69.1 Å². The molecule has 0 spiro atoms. The molecule has 0 aliphatic carbocycles. The van der Waals surface area contributed by atoms with Crippen LogP contribution < -0.4 is 10.2 Å². The van der Waals surface area contributed by atoms with Crippen molar-refractivity contribution < 1.29 is 4.74 Å². The number of guanidine groups is 1. The molecule has 2 saturated heterocycles. The van der Waals surface area contributed by atoms with Gasteiger partial charge in [-0.25, -0.2) is 9.97 Å². The molecule has 1 aromatic heterocycles. The van der Waals surface area contributed by atoms with E-state index in [4.69, 9.17) is 9.73 Å². The van der Waals surface area contributed by atoms with Crippen molar-refractivity contribution in [1.82, 2.24) is 25.1 Å². The van der Waals surface area contributed by atoms with Crippen molar-refractivity contribution in [3.63, 3.8) is 0 Å². The van der Waals surface area contributed by atoms with Crippen LogP contribution in [0.15, 0.2) is 23.5 Å². The van der Waals surface area contributed by atoms with E-state index in [2.05, 4.69) is 50.8 Å². The summed E-state index contributed by atoms with van der Waals surface area (Å²) in [5, 5.41) is 3.46. The van der Waals surface area contributed by atoms with Crippen LogP contribution in [0, 0.1) is 0 Å². The zero-order chi connectivity index (χ0) is 19.1. The van der Waals surface area contributed by atoms with Gasteiger partial charge >= 0.3 is 0 Å². The van der Waals surface area contributed by atoms with Gasteiger partial charge in [0.2, 0.25) is 5.95 Å². The van der Waals surface area contributed by atoms with Gasteiger partial charge in [0.05, 0.1) is 19.8 Å². The Morgan fingerprint density at radius 2 is 2.00 bits per heavy atom. The maximum Gasteiger partial charge on any atom is 0.225 e. The monoisotopic (exact) mass is 375 g/mol. The average Bonchev–Trinajstić information content (AvgIpc) is 2.72. The molecule has 2 aliphatic rings. The Morgan fingerprint density at radius 3 is 2.67 bits per heavy atom. The normalized spacial score (nSPS) is 23.4. The zero-order valence-electron chi connectivity index (χ0n) is 16.8. The number of anilines is 1. The molecule has 3 rings (SSSR count). The summed E-state index contributed by atoms with van der Waals surface area (Å²) in [7, 11) is 0. The molecule has 150 valence electrons. The summed E-state index contributed by atoms with van der Waals surface area (Å²) >= 11 is 0. The van der Waals surface area contributed by atoms with E-state index in [1.807, 2.05) is 6.07 Å². The molecule has 0 radical (unpaired) electrons. The molecule has 0 amide bonds. The van der Waals surface area contributed by atoms with Crippen molar-refractivity contribution in [1.29, 1.82) is 0 Å². The molecule has 0 saturated carbocycles. The third kappa shape index (κ3) is 5.29. The number of aromatic nitrogens is 2. The molecule has 3 heterocycles. The van der Waals surface area contributed by atoms with Crippen LogP contribution in [0.25, 0.3) is 0 Å². The summed E-state index contributed by atoms with van der Waals surface area (Å²) in [4.78, 5) is 20.7. The van der Waals surface area contributed by atoms with Crippen LogP contribution in [-0.4, -0.2) is 96.8 Å². The average molecular weight is 376 g/mol. The fourth-order valence-corrected chi connectivity index (χ4v) is 3.72. The predicted octanol–water partition coefficient (Wildman–Crippen LogP) is 0.673. The van der Waals surface area contributed by atoms with Crippen molar-refractivity contribution >= 4 is 11.9 Å². The molecule has 0 aromatic carbocycles. The highest BCUT2D eigenvalue weighted by molar-refractivity contribution is 5.80. The van der Waals surface area contributed by atoms with Gasteiger partial charge in [0, 0.05) is 63.7 Å². The second-order valence-electron chi connectivity index (χ2n) is 7.23. The second-order valence-corrected chi connectivity index (χ2v) is 7.23. The van der Waals surface area contributed by atoms with E-state index in [0.29, 0.717) is 12.1 Å². The Kier molecular flexibility index (Phi) is 7.23. The molecule has 2 aliphatic heterocycles. The molecular formula is C19H33N7O. The number of nitrogens with zero attached hydrogens (tertiary/aromatic N) is 6. The molecule has 2 fully saturated rings. The van der Waals surface area contributed by atoms with E-state index in [-0.39, 0.29) is 0 Å². The lowest BCUT2D eigenvalue weighted by Gasteiger charge is -2.38. The largest absolute Gasteiger partial charge is 0.379 e. The van der Waals surface area contributed by atoms with E-state index < -0.39 is 0 Å². The third-order valence-electron chi connectivity index (χ3n) is 5.24. The van der Waals surface area contributed by atoms with Gasteiger partial charge in [-0.2, -0.15) is 0 Å². The van der Waals surface area contributed by atoms with Crippen LogP contribution in [0.1, 0.15) is 20.8 Å². The maximum absolute atomic E-state index is 5.56. The van der Waals surface area contributed by atoms with E-state index in [0.717, 1.165) is 70.9 Å². The molecule has 8 nitrogen and oxygen atoms in total. The smallest absolute Gasteiger partial charge is 0.225 e. The highest BCUT2D eigenvalue weighted by Crippen LogP contribution is 2.12. The summed E-state index contributed by atoms with van der Waals surface area (Å²) in [5.74, 6) is 1.83. The van der Waals surface area contributed by atoms with Crippen LogP contribution >= 0.6 is 0 Å². The minimum atomic E-state index is 0.413. The maximum atomic E-state index is 5.56. The summed E-state index contributed by atoms with van der Waals surface area (Å²) < 4.78 is 5.56. The summed E-state index contributed by atoms with van der Waals surface area (Å²) in [5.41, 5.74) is 0. The third-order valence-corrected chi connectivity index (χ3v) is 5.24. The number of piperazine rings is 1. The van der Waals surface area contributed by atoms with Crippen molar-refractivity contribution in [2.75, 3.05) is 63.9 Å². The molecule has 27 heavy (non-hydrogen) atoms. The Balaban J connectivity index is 1.56. The molecule has 0 bridgehead atoms.